The van der Waals surface area contributed by atoms with Crippen LogP contribution in [0.25, 0.3) is 11.3 Å². The van der Waals surface area contributed by atoms with Crippen LogP contribution < -0.4 is 5.46 Å². The van der Waals surface area contributed by atoms with Crippen LogP contribution in [0.5, 0.6) is 0 Å². The molecule has 0 saturated heterocycles. The van der Waals surface area contributed by atoms with Crippen LogP contribution in [0.4, 0.5) is 0 Å². The molecule has 1 aromatic heterocycles. The van der Waals surface area contributed by atoms with Crippen molar-refractivity contribution in [2.45, 2.75) is 45.8 Å². The van der Waals surface area contributed by atoms with Crippen molar-refractivity contribution in [3.05, 3.63) is 48.2 Å². The van der Waals surface area contributed by atoms with Gasteiger partial charge >= 0.3 is 7.48 Å². The molecule has 0 unspecified atom stereocenters. The van der Waals surface area contributed by atoms with Gasteiger partial charge in [-0.15, -0.1) is 0 Å². The highest BCUT2D eigenvalue weighted by Crippen LogP contribution is 2.24. The van der Waals surface area contributed by atoms with E-state index in [0.29, 0.717) is 7.48 Å². The first-order valence-electron chi connectivity index (χ1n) is 7.57. The summed E-state index contributed by atoms with van der Waals surface area (Å²) in [5, 5.41) is 10.1. The summed E-state index contributed by atoms with van der Waals surface area (Å²) in [5.41, 5.74) is 2.79. The summed E-state index contributed by atoms with van der Waals surface area (Å²) in [4.78, 5) is 4.43. The van der Waals surface area contributed by atoms with E-state index in [1.807, 2.05) is 57.3 Å². The molecule has 0 aliphatic carbocycles. The summed E-state index contributed by atoms with van der Waals surface area (Å²) < 4.78 is 5.88. The van der Waals surface area contributed by atoms with E-state index < -0.39 is 11.2 Å². The second-order valence-electron chi connectivity index (χ2n) is 6.78. The zero-order valence-corrected chi connectivity index (χ0v) is 14.1. The molecule has 1 N–H and O–H groups in total. The first kappa shape index (κ1) is 16.7. The Kier molecular flexibility index (Phi) is 4.73. The fourth-order valence-electron chi connectivity index (χ4n) is 1.85. The molecule has 0 atom stereocenters. The Morgan fingerprint density at radius 2 is 1.64 bits per heavy atom. The second-order valence-corrected chi connectivity index (χ2v) is 6.78. The summed E-state index contributed by atoms with van der Waals surface area (Å²) in [7, 11) is 0.471. The van der Waals surface area contributed by atoms with Crippen LogP contribution in [-0.2, 0) is 4.65 Å². The first-order valence-corrected chi connectivity index (χ1v) is 7.57. The third kappa shape index (κ3) is 3.96. The summed E-state index contributed by atoms with van der Waals surface area (Å²) >= 11 is 0. The molecule has 0 saturated carbocycles. The number of aromatic nitrogens is 1. The predicted molar refractivity (Wildman–Crippen MR) is 92.7 cm³/mol. The van der Waals surface area contributed by atoms with Gasteiger partial charge in [0.25, 0.3) is 0 Å². The van der Waals surface area contributed by atoms with Gasteiger partial charge in [-0.25, -0.2) is 0 Å². The average molecular weight is 297 g/mol. The molecule has 0 bridgehead atoms. The summed E-state index contributed by atoms with van der Waals surface area (Å²) in [6.07, 6.45) is 1.87. The number of aryl methyl sites for hydroxylation is 1. The molecule has 4 heteroatoms. The number of hydrogen-bond acceptors (Lipinski definition) is 3. The molecule has 22 heavy (non-hydrogen) atoms. The number of rotatable bonds is 5. The minimum Gasteiger partial charge on any atom is -0.427 e. The van der Waals surface area contributed by atoms with Crippen molar-refractivity contribution in [2.24, 2.45) is 0 Å². The fraction of sp³-hybridized carbons (Fsp3) is 0.389. The fourth-order valence-corrected chi connectivity index (χ4v) is 1.85. The van der Waals surface area contributed by atoms with Crippen molar-refractivity contribution in [1.29, 1.82) is 0 Å². The maximum absolute atomic E-state index is 10.1. The Hall–Kier alpha value is -1.65. The molecule has 0 aliphatic heterocycles. The van der Waals surface area contributed by atoms with Gasteiger partial charge in [0.05, 0.1) is 16.9 Å². The van der Waals surface area contributed by atoms with Crippen molar-refractivity contribution in [3.8, 4) is 11.3 Å². The van der Waals surface area contributed by atoms with Gasteiger partial charge in [0.2, 0.25) is 0 Å². The van der Waals surface area contributed by atoms with Crippen molar-refractivity contribution in [3.63, 3.8) is 0 Å². The van der Waals surface area contributed by atoms with E-state index in [2.05, 4.69) is 11.1 Å². The summed E-state index contributed by atoms with van der Waals surface area (Å²) in [6, 6.07) is 12.3. The topological polar surface area (TPSA) is 42.4 Å². The monoisotopic (exact) mass is 297 g/mol. The maximum atomic E-state index is 10.1. The van der Waals surface area contributed by atoms with E-state index >= 15 is 0 Å². The van der Waals surface area contributed by atoms with Gasteiger partial charge in [-0.3, -0.25) is 4.98 Å². The highest BCUT2D eigenvalue weighted by Gasteiger charge is 2.35. The Morgan fingerprint density at radius 1 is 1.00 bits per heavy atom. The lowest BCUT2D eigenvalue weighted by molar-refractivity contribution is -0.0893. The van der Waals surface area contributed by atoms with Gasteiger partial charge in [0, 0.05) is 11.8 Å². The third-order valence-electron chi connectivity index (χ3n) is 4.23. The SMILES string of the molecule is Cc1ccc(-c2ccc(BOC(C)(C)C(C)(C)O)cc2)nc1. The Morgan fingerprint density at radius 3 is 2.14 bits per heavy atom. The van der Waals surface area contributed by atoms with Crippen LogP contribution in [0, 0.1) is 6.92 Å². The minimum absolute atomic E-state index is 0.471. The molecule has 2 aromatic rings. The van der Waals surface area contributed by atoms with E-state index in [1.54, 1.807) is 13.8 Å². The lowest BCUT2D eigenvalue weighted by Gasteiger charge is -2.37. The first-order chi connectivity index (χ1) is 10.2. The zero-order chi connectivity index (χ0) is 16.4. The standard InChI is InChI=1S/C18H24BNO2/c1-13-6-11-16(20-12-13)14-7-9-15(10-8-14)19-22-18(4,5)17(2,3)21/h6-12,19,21H,1-5H3. The van der Waals surface area contributed by atoms with Crippen LogP contribution in [0.1, 0.15) is 33.3 Å². The van der Waals surface area contributed by atoms with Crippen molar-refractivity contribution < 1.29 is 9.76 Å². The van der Waals surface area contributed by atoms with Crippen LogP contribution in [0.3, 0.4) is 0 Å². The Labute approximate surface area is 133 Å². The molecular formula is C18H24BNO2. The van der Waals surface area contributed by atoms with Gasteiger partial charge < -0.3 is 9.76 Å². The van der Waals surface area contributed by atoms with E-state index in [0.717, 1.165) is 22.3 Å². The van der Waals surface area contributed by atoms with Crippen molar-refractivity contribution in [2.75, 3.05) is 0 Å². The van der Waals surface area contributed by atoms with Gasteiger partial charge in [0.15, 0.2) is 0 Å². The van der Waals surface area contributed by atoms with Crippen molar-refractivity contribution in [1.82, 2.24) is 4.98 Å². The van der Waals surface area contributed by atoms with E-state index in [-0.39, 0.29) is 0 Å². The normalized spacial score (nSPS) is 12.3. The van der Waals surface area contributed by atoms with Gasteiger partial charge in [0.1, 0.15) is 0 Å². The number of pyridine rings is 1. The minimum atomic E-state index is -0.890. The van der Waals surface area contributed by atoms with Gasteiger partial charge in [-0.2, -0.15) is 0 Å². The van der Waals surface area contributed by atoms with Crippen molar-refractivity contribution >= 4 is 12.9 Å². The number of nitrogens with zero attached hydrogens (tertiary/aromatic N) is 1. The predicted octanol–water partition coefficient (Wildman–Crippen LogP) is 2.60. The molecule has 0 spiro atoms. The molecule has 0 radical (unpaired) electrons. The summed E-state index contributed by atoms with van der Waals surface area (Å²) in [6.45, 7) is 9.36. The number of benzene rings is 1. The number of hydrogen-bond donors (Lipinski definition) is 1. The summed E-state index contributed by atoms with van der Waals surface area (Å²) in [5.74, 6) is 0. The molecule has 0 amide bonds. The van der Waals surface area contributed by atoms with Crippen LogP contribution in [0.15, 0.2) is 42.6 Å². The third-order valence-corrected chi connectivity index (χ3v) is 4.23. The number of aliphatic hydroxyl groups is 1. The zero-order valence-electron chi connectivity index (χ0n) is 14.1. The molecule has 0 fully saturated rings. The van der Waals surface area contributed by atoms with Crippen LogP contribution in [0.2, 0.25) is 0 Å². The second kappa shape index (κ2) is 6.23. The molecule has 2 rings (SSSR count). The van der Waals surface area contributed by atoms with E-state index in [9.17, 15) is 5.11 Å². The Balaban J connectivity index is 2.05. The Bertz CT molecular complexity index is 613. The molecule has 1 heterocycles. The lowest BCUT2D eigenvalue weighted by Crippen LogP contribution is -2.49. The van der Waals surface area contributed by atoms with Crippen LogP contribution >= 0.6 is 0 Å². The van der Waals surface area contributed by atoms with Gasteiger partial charge in [-0.05, 0) is 46.2 Å². The maximum Gasteiger partial charge on any atom is 0.309 e. The van der Waals surface area contributed by atoms with E-state index in [1.165, 1.54) is 0 Å². The van der Waals surface area contributed by atoms with E-state index in [4.69, 9.17) is 4.65 Å². The van der Waals surface area contributed by atoms with Crippen LogP contribution in [-0.4, -0.2) is 28.8 Å². The van der Waals surface area contributed by atoms with Gasteiger partial charge in [-0.1, -0.05) is 35.8 Å². The average Bonchev–Trinajstić information content (AvgIpc) is 2.45. The lowest BCUT2D eigenvalue weighted by atomic mass is 9.82. The largest absolute Gasteiger partial charge is 0.427 e. The molecule has 3 nitrogen and oxygen atoms in total. The molecule has 0 aliphatic rings. The highest BCUT2D eigenvalue weighted by molar-refractivity contribution is 6.47. The quantitative estimate of drug-likeness (QED) is 0.863. The highest BCUT2D eigenvalue weighted by atomic mass is 16.5. The molecule has 1 aromatic carbocycles. The smallest absolute Gasteiger partial charge is 0.309 e. The molecular weight excluding hydrogens is 273 g/mol. The molecule has 116 valence electrons.